The van der Waals surface area contributed by atoms with Crippen molar-refractivity contribution in [2.45, 2.75) is 32.6 Å². The third-order valence-electron chi connectivity index (χ3n) is 5.24. The molecular formula is C21H28FN5O. The molecule has 2 heterocycles. The maximum absolute atomic E-state index is 13.3. The van der Waals surface area contributed by atoms with Gasteiger partial charge in [-0.25, -0.2) is 14.4 Å². The summed E-state index contributed by atoms with van der Waals surface area (Å²) in [4.78, 5) is 23.9. The SMILES string of the molecule is CNC(=O)c1nc(C(C)c2ccc(F)cc2)c(NCCN2CCCC2)nc1C. The van der Waals surface area contributed by atoms with Gasteiger partial charge in [-0.15, -0.1) is 0 Å². The number of nitrogens with one attached hydrogen (secondary N) is 2. The molecule has 1 aliphatic heterocycles. The summed E-state index contributed by atoms with van der Waals surface area (Å²) in [6, 6.07) is 6.37. The van der Waals surface area contributed by atoms with Crippen LogP contribution in [0.25, 0.3) is 0 Å². The van der Waals surface area contributed by atoms with Crippen LogP contribution in [0.4, 0.5) is 10.2 Å². The van der Waals surface area contributed by atoms with Crippen molar-refractivity contribution < 1.29 is 9.18 Å². The predicted octanol–water partition coefficient (Wildman–Crippen LogP) is 2.94. The second-order valence-electron chi connectivity index (χ2n) is 7.22. The number of rotatable bonds is 7. The lowest BCUT2D eigenvalue weighted by molar-refractivity contribution is 0.0956. The van der Waals surface area contributed by atoms with Crippen LogP contribution in [0.15, 0.2) is 24.3 Å². The number of halogens is 1. The van der Waals surface area contributed by atoms with Gasteiger partial charge in [0.1, 0.15) is 17.3 Å². The number of aromatic nitrogens is 2. The molecule has 1 atom stereocenters. The Morgan fingerprint density at radius 3 is 2.54 bits per heavy atom. The van der Waals surface area contributed by atoms with E-state index in [4.69, 9.17) is 0 Å². The first-order chi connectivity index (χ1) is 13.5. The van der Waals surface area contributed by atoms with Crippen molar-refractivity contribution in [3.63, 3.8) is 0 Å². The van der Waals surface area contributed by atoms with Crippen molar-refractivity contribution in [2.75, 3.05) is 38.5 Å². The Kier molecular flexibility index (Phi) is 6.57. The Hall–Kier alpha value is -2.54. The topological polar surface area (TPSA) is 70.2 Å². The Balaban J connectivity index is 1.88. The van der Waals surface area contributed by atoms with Gasteiger partial charge in [0.2, 0.25) is 0 Å². The Morgan fingerprint density at radius 1 is 1.21 bits per heavy atom. The number of amides is 1. The van der Waals surface area contributed by atoms with Gasteiger partial charge in [0.15, 0.2) is 0 Å². The summed E-state index contributed by atoms with van der Waals surface area (Å²) >= 11 is 0. The Morgan fingerprint density at radius 2 is 1.89 bits per heavy atom. The van der Waals surface area contributed by atoms with E-state index in [0.717, 1.165) is 31.7 Å². The van der Waals surface area contributed by atoms with Crippen molar-refractivity contribution in [1.82, 2.24) is 20.2 Å². The quantitative estimate of drug-likeness (QED) is 0.767. The minimum absolute atomic E-state index is 0.133. The maximum atomic E-state index is 13.3. The number of carbonyl (C=O) groups is 1. The number of carbonyl (C=O) groups excluding carboxylic acids is 1. The second-order valence-corrected chi connectivity index (χ2v) is 7.22. The summed E-state index contributed by atoms with van der Waals surface area (Å²) in [5, 5.41) is 6.02. The fourth-order valence-electron chi connectivity index (χ4n) is 3.55. The van der Waals surface area contributed by atoms with E-state index in [1.165, 1.54) is 25.0 Å². The van der Waals surface area contributed by atoms with E-state index in [2.05, 4.69) is 25.5 Å². The number of anilines is 1. The van der Waals surface area contributed by atoms with Gasteiger partial charge in [-0.3, -0.25) is 4.79 Å². The normalized spacial score (nSPS) is 15.4. The molecule has 1 aliphatic rings. The molecule has 0 spiro atoms. The predicted molar refractivity (Wildman–Crippen MR) is 108 cm³/mol. The van der Waals surface area contributed by atoms with Crippen molar-refractivity contribution >= 4 is 11.7 Å². The first-order valence-corrected chi connectivity index (χ1v) is 9.82. The molecule has 1 amide bonds. The number of hydrogen-bond acceptors (Lipinski definition) is 5. The number of likely N-dealkylation sites (tertiary alicyclic amines) is 1. The third kappa shape index (κ3) is 4.65. The van der Waals surface area contributed by atoms with Crippen molar-refractivity contribution in [3.05, 3.63) is 52.7 Å². The molecule has 1 aromatic heterocycles. The number of hydrogen-bond donors (Lipinski definition) is 2. The lowest BCUT2D eigenvalue weighted by atomic mass is 9.97. The molecule has 1 unspecified atom stereocenters. The first kappa shape index (κ1) is 20.2. The van der Waals surface area contributed by atoms with Gasteiger partial charge in [0, 0.05) is 26.1 Å². The first-order valence-electron chi connectivity index (χ1n) is 9.82. The summed E-state index contributed by atoms with van der Waals surface area (Å²) in [6.45, 7) is 7.77. The van der Waals surface area contributed by atoms with Gasteiger partial charge in [-0.05, 0) is 50.6 Å². The average Bonchev–Trinajstić information content (AvgIpc) is 3.21. The molecule has 0 bridgehead atoms. The van der Waals surface area contributed by atoms with Gasteiger partial charge < -0.3 is 15.5 Å². The van der Waals surface area contributed by atoms with Crippen LogP contribution >= 0.6 is 0 Å². The van der Waals surface area contributed by atoms with Crippen molar-refractivity contribution in [2.24, 2.45) is 0 Å². The zero-order valence-electron chi connectivity index (χ0n) is 16.8. The molecule has 28 heavy (non-hydrogen) atoms. The average molecular weight is 385 g/mol. The van der Waals surface area contributed by atoms with Gasteiger partial charge in [-0.2, -0.15) is 0 Å². The van der Waals surface area contributed by atoms with E-state index >= 15 is 0 Å². The second kappa shape index (κ2) is 9.10. The van der Waals surface area contributed by atoms with Crippen LogP contribution in [0.3, 0.4) is 0 Å². The third-order valence-corrected chi connectivity index (χ3v) is 5.24. The van der Waals surface area contributed by atoms with Crippen LogP contribution < -0.4 is 10.6 Å². The van der Waals surface area contributed by atoms with Crippen LogP contribution in [-0.4, -0.2) is 54.0 Å². The highest BCUT2D eigenvalue weighted by atomic mass is 19.1. The van der Waals surface area contributed by atoms with Crippen LogP contribution in [0.5, 0.6) is 0 Å². The van der Waals surface area contributed by atoms with E-state index in [1.807, 2.05) is 6.92 Å². The summed E-state index contributed by atoms with van der Waals surface area (Å²) in [5.74, 6) is 0.00897. The molecule has 0 aliphatic carbocycles. The Bertz CT molecular complexity index is 818. The van der Waals surface area contributed by atoms with Crippen LogP contribution in [0.1, 0.15) is 53.1 Å². The monoisotopic (exact) mass is 385 g/mol. The van der Waals surface area contributed by atoms with Gasteiger partial charge in [-0.1, -0.05) is 19.1 Å². The molecule has 1 aromatic carbocycles. The largest absolute Gasteiger partial charge is 0.367 e. The van der Waals surface area contributed by atoms with E-state index < -0.39 is 0 Å². The van der Waals surface area contributed by atoms with Gasteiger partial charge in [0.05, 0.1) is 11.4 Å². The standard InChI is InChI=1S/C21H28FN5O/c1-14(16-6-8-17(22)9-7-16)18-20(24-10-13-27-11-4-5-12-27)25-15(2)19(26-18)21(28)23-3/h6-9,14H,4-5,10-13H2,1-3H3,(H,23,28)(H,24,25). The highest BCUT2D eigenvalue weighted by Crippen LogP contribution is 2.28. The minimum atomic E-state index is -0.277. The molecular weight excluding hydrogens is 357 g/mol. The molecule has 0 radical (unpaired) electrons. The summed E-state index contributed by atoms with van der Waals surface area (Å²) < 4.78 is 13.3. The number of benzene rings is 1. The zero-order valence-corrected chi connectivity index (χ0v) is 16.8. The molecule has 1 fully saturated rings. The van der Waals surface area contributed by atoms with E-state index in [1.54, 1.807) is 26.1 Å². The lowest BCUT2D eigenvalue weighted by Gasteiger charge is -2.20. The van der Waals surface area contributed by atoms with E-state index in [0.29, 0.717) is 22.9 Å². The minimum Gasteiger partial charge on any atom is -0.367 e. The fraction of sp³-hybridized carbons (Fsp3) is 0.476. The van der Waals surface area contributed by atoms with Crippen LogP contribution in [0.2, 0.25) is 0 Å². The van der Waals surface area contributed by atoms with Gasteiger partial charge >= 0.3 is 0 Å². The Labute approximate surface area is 165 Å². The molecule has 3 rings (SSSR count). The van der Waals surface area contributed by atoms with Crippen LogP contribution in [-0.2, 0) is 0 Å². The molecule has 6 nitrogen and oxygen atoms in total. The maximum Gasteiger partial charge on any atom is 0.271 e. The van der Waals surface area contributed by atoms with Crippen LogP contribution in [0, 0.1) is 12.7 Å². The summed E-state index contributed by atoms with van der Waals surface area (Å²) in [7, 11) is 1.58. The fourth-order valence-corrected chi connectivity index (χ4v) is 3.55. The van der Waals surface area contributed by atoms with E-state index in [9.17, 15) is 9.18 Å². The molecule has 2 aromatic rings. The highest BCUT2D eigenvalue weighted by molar-refractivity contribution is 5.93. The number of aryl methyl sites for hydroxylation is 1. The molecule has 7 heteroatoms. The molecule has 1 saturated heterocycles. The summed E-state index contributed by atoms with van der Waals surface area (Å²) in [5.41, 5.74) is 2.51. The smallest absolute Gasteiger partial charge is 0.271 e. The van der Waals surface area contributed by atoms with Crippen molar-refractivity contribution in [3.8, 4) is 0 Å². The highest BCUT2D eigenvalue weighted by Gasteiger charge is 2.21. The molecule has 150 valence electrons. The van der Waals surface area contributed by atoms with Crippen molar-refractivity contribution in [1.29, 1.82) is 0 Å². The molecule has 2 N–H and O–H groups in total. The zero-order chi connectivity index (χ0) is 20.1. The van der Waals surface area contributed by atoms with Gasteiger partial charge in [0.25, 0.3) is 5.91 Å². The number of nitrogens with zero attached hydrogens (tertiary/aromatic N) is 3. The molecule has 0 saturated carbocycles. The summed E-state index contributed by atoms with van der Waals surface area (Å²) in [6.07, 6.45) is 2.51. The lowest BCUT2D eigenvalue weighted by Crippen LogP contribution is -2.27. The van der Waals surface area contributed by atoms with E-state index in [-0.39, 0.29) is 17.6 Å².